The highest BCUT2D eigenvalue weighted by Crippen LogP contribution is 1.82. The van der Waals surface area contributed by atoms with Crippen molar-refractivity contribution in [1.82, 2.24) is 5.32 Å². The van der Waals surface area contributed by atoms with Crippen LogP contribution in [0.15, 0.2) is 0 Å². The van der Waals surface area contributed by atoms with Crippen LogP contribution in [0.4, 0.5) is 0 Å². The molecule has 0 aromatic heterocycles. The zero-order valence-corrected chi connectivity index (χ0v) is 7.95. The van der Waals surface area contributed by atoms with E-state index in [1.807, 2.05) is 6.92 Å². The maximum Gasteiger partial charge on any atom is 0.222 e. The molecule has 0 heterocycles. The molecular weight excluding hydrogens is 176 g/mol. The SMILES string of the molecule is CCOCCC(=O)NCC(N)=S. The number of nitrogens with two attached hydrogens (primary N) is 1. The normalized spacial score (nSPS) is 9.42. The fourth-order valence-corrected chi connectivity index (χ4v) is 0.655. The summed E-state index contributed by atoms with van der Waals surface area (Å²) in [5, 5.41) is 2.56. The molecular formula is C7H14N2O2S. The third-order valence-corrected chi connectivity index (χ3v) is 1.28. The first-order chi connectivity index (χ1) is 5.66. The van der Waals surface area contributed by atoms with Crippen molar-refractivity contribution in [2.75, 3.05) is 19.8 Å². The molecule has 4 nitrogen and oxygen atoms in total. The molecule has 0 fully saturated rings. The lowest BCUT2D eigenvalue weighted by atomic mass is 10.4. The van der Waals surface area contributed by atoms with Gasteiger partial charge in [-0.3, -0.25) is 4.79 Å². The number of amides is 1. The van der Waals surface area contributed by atoms with E-state index in [1.54, 1.807) is 0 Å². The van der Waals surface area contributed by atoms with Crippen LogP contribution in [-0.2, 0) is 9.53 Å². The van der Waals surface area contributed by atoms with Gasteiger partial charge in [0.25, 0.3) is 0 Å². The maximum atomic E-state index is 10.9. The van der Waals surface area contributed by atoms with Crippen LogP contribution in [0.25, 0.3) is 0 Å². The van der Waals surface area contributed by atoms with Gasteiger partial charge in [0.05, 0.1) is 18.1 Å². The highest BCUT2D eigenvalue weighted by molar-refractivity contribution is 7.80. The van der Waals surface area contributed by atoms with Gasteiger partial charge >= 0.3 is 0 Å². The molecule has 12 heavy (non-hydrogen) atoms. The van der Waals surface area contributed by atoms with Gasteiger partial charge in [0.1, 0.15) is 0 Å². The minimum Gasteiger partial charge on any atom is -0.392 e. The van der Waals surface area contributed by atoms with Crippen LogP contribution in [-0.4, -0.2) is 30.7 Å². The predicted octanol–water partition coefficient (Wildman–Crippen LogP) is -0.185. The highest BCUT2D eigenvalue weighted by Gasteiger charge is 1.99. The molecule has 0 aromatic carbocycles. The quantitative estimate of drug-likeness (QED) is 0.450. The second kappa shape index (κ2) is 7.00. The zero-order chi connectivity index (χ0) is 9.40. The average molecular weight is 190 g/mol. The second-order valence-corrected chi connectivity index (χ2v) is 2.71. The van der Waals surface area contributed by atoms with Crippen molar-refractivity contribution in [3.8, 4) is 0 Å². The van der Waals surface area contributed by atoms with Gasteiger partial charge in [-0.1, -0.05) is 12.2 Å². The van der Waals surface area contributed by atoms with Gasteiger partial charge < -0.3 is 15.8 Å². The number of rotatable bonds is 6. The Bertz CT molecular complexity index is 161. The van der Waals surface area contributed by atoms with Gasteiger partial charge in [-0.15, -0.1) is 0 Å². The molecule has 0 bridgehead atoms. The van der Waals surface area contributed by atoms with Crippen LogP contribution in [0.1, 0.15) is 13.3 Å². The lowest BCUT2D eigenvalue weighted by Gasteiger charge is -2.03. The molecule has 0 aliphatic rings. The first-order valence-corrected chi connectivity index (χ1v) is 4.20. The summed E-state index contributed by atoms with van der Waals surface area (Å²) in [6.45, 7) is 3.22. The van der Waals surface area contributed by atoms with E-state index >= 15 is 0 Å². The van der Waals surface area contributed by atoms with Crippen LogP contribution in [0.5, 0.6) is 0 Å². The number of nitrogens with one attached hydrogen (secondary N) is 1. The lowest BCUT2D eigenvalue weighted by Crippen LogP contribution is -2.32. The summed E-state index contributed by atoms with van der Waals surface area (Å²) in [7, 11) is 0. The van der Waals surface area contributed by atoms with Crippen molar-refractivity contribution in [1.29, 1.82) is 0 Å². The fourth-order valence-electron chi connectivity index (χ4n) is 0.583. The first-order valence-electron chi connectivity index (χ1n) is 3.79. The average Bonchev–Trinajstić information content (AvgIpc) is 2.01. The van der Waals surface area contributed by atoms with E-state index in [-0.39, 0.29) is 12.5 Å². The third-order valence-electron chi connectivity index (χ3n) is 1.14. The Morgan fingerprint density at radius 2 is 2.33 bits per heavy atom. The molecule has 5 heteroatoms. The largest absolute Gasteiger partial charge is 0.392 e. The molecule has 0 rings (SSSR count). The number of ether oxygens (including phenoxy) is 1. The number of hydrogen-bond donors (Lipinski definition) is 2. The molecule has 70 valence electrons. The van der Waals surface area contributed by atoms with Crippen molar-refractivity contribution in [3.05, 3.63) is 0 Å². The first kappa shape index (κ1) is 11.3. The summed E-state index contributed by atoms with van der Waals surface area (Å²) in [4.78, 5) is 11.2. The second-order valence-electron chi connectivity index (χ2n) is 2.19. The van der Waals surface area contributed by atoms with Crippen molar-refractivity contribution < 1.29 is 9.53 Å². The van der Waals surface area contributed by atoms with E-state index in [0.717, 1.165) is 0 Å². The number of carbonyl (C=O) groups excluding carboxylic acids is 1. The summed E-state index contributed by atoms with van der Waals surface area (Å²) < 4.78 is 4.99. The molecule has 0 spiro atoms. The smallest absolute Gasteiger partial charge is 0.222 e. The van der Waals surface area contributed by atoms with Crippen molar-refractivity contribution in [2.24, 2.45) is 5.73 Å². The van der Waals surface area contributed by atoms with Crippen LogP contribution in [0.3, 0.4) is 0 Å². The molecule has 0 aliphatic carbocycles. The van der Waals surface area contributed by atoms with E-state index < -0.39 is 0 Å². The van der Waals surface area contributed by atoms with Gasteiger partial charge in [0, 0.05) is 13.0 Å². The summed E-state index contributed by atoms with van der Waals surface area (Å²) in [5.41, 5.74) is 5.18. The Balaban J connectivity index is 3.28. The van der Waals surface area contributed by atoms with E-state index in [1.165, 1.54) is 0 Å². The summed E-state index contributed by atoms with van der Waals surface area (Å²) >= 11 is 4.58. The van der Waals surface area contributed by atoms with Crippen LogP contribution in [0.2, 0.25) is 0 Å². The Labute approximate surface area is 77.5 Å². The monoisotopic (exact) mass is 190 g/mol. The molecule has 0 aromatic rings. The molecule has 0 radical (unpaired) electrons. The van der Waals surface area contributed by atoms with Crippen molar-refractivity contribution >= 4 is 23.1 Å². The molecule has 0 unspecified atom stereocenters. The summed E-state index contributed by atoms with van der Waals surface area (Å²) in [6.07, 6.45) is 0.358. The van der Waals surface area contributed by atoms with E-state index in [4.69, 9.17) is 10.5 Å². The Hall–Kier alpha value is -0.680. The topological polar surface area (TPSA) is 64.3 Å². The number of thiocarbonyl (C=S) groups is 1. The molecule has 3 N–H and O–H groups in total. The van der Waals surface area contributed by atoms with Crippen LogP contribution >= 0.6 is 12.2 Å². The molecule has 1 amide bonds. The molecule has 0 saturated carbocycles. The molecule has 0 aliphatic heterocycles. The van der Waals surface area contributed by atoms with Gasteiger partial charge in [0.15, 0.2) is 0 Å². The Morgan fingerprint density at radius 1 is 1.67 bits per heavy atom. The summed E-state index contributed by atoms with van der Waals surface area (Å²) in [6, 6.07) is 0. The predicted molar refractivity (Wildman–Crippen MR) is 50.9 cm³/mol. The minimum atomic E-state index is -0.0868. The lowest BCUT2D eigenvalue weighted by molar-refractivity contribution is -0.121. The zero-order valence-electron chi connectivity index (χ0n) is 7.13. The molecule has 0 atom stereocenters. The van der Waals surface area contributed by atoms with E-state index in [2.05, 4.69) is 17.5 Å². The van der Waals surface area contributed by atoms with Crippen molar-refractivity contribution in [3.63, 3.8) is 0 Å². The summed E-state index contributed by atoms with van der Waals surface area (Å²) in [5.74, 6) is -0.0868. The number of carbonyl (C=O) groups is 1. The van der Waals surface area contributed by atoms with E-state index in [9.17, 15) is 4.79 Å². The van der Waals surface area contributed by atoms with Gasteiger partial charge in [-0.05, 0) is 6.92 Å². The Kier molecular flexibility index (Phi) is 6.60. The van der Waals surface area contributed by atoms with Gasteiger partial charge in [0.2, 0.25) is 5.91 Å². The standard InChI is InChI=1S/C7H14N2O2S/c1-2-11-4-3-7(10)9-5-6(8)12/h2-5H2,1H3,(H2,8,12)(H,9,10). The molecule has 0 saturated heterocycles. The minimum absolute atomic E-state index is 0.0868. The van der Waals surface area contributed by atoms with E-state index in [0.29, 0.717) is 24.6 Å². The number of hydrogen-bond acceptors (Lipinski definition) is 3. The highest BCUT2D eigenvalue weighted by atomic mass is 32.1. The van der Waals surface area contributed by atoms with Crippen molar-refractivity contribution in [2.45, 2.75) is 13.3 Å². The van der Waals surface area contributed by atoms with Gasteiger partial charge in [-0.2, -0.15) is 0 Å². The van der Waals surface area contributed by atoms with Crippen LogP contribution in [0, 0.1) is 0 Å². The Morgan fingerprint density at radius 3 is 2.83 bits per heavy atom. The third kappa shape index (κ3) is 7.43. The van der Waals surface area contributed by atoms with Gasteiger partial charge in [-0.25, -0.2) is 0 Å². The maximum absolute atomic E-state index is 10.9. The fraction of sp³-hybridized carbons (Fsp3) is 0.714. The van der Waals surface area contributed by atoms with Crippen LogP contribution < -0.4 is 11.1 Å².